The number of carboxylic acid groups (broad SMARTS) is 1. The van der Waals surface area contributed by atoms with Gasteiger partial charge in [-0.2, -0.15) is 4.39 Å². The predicted octanol–water partition coefficient (Wildman–Crippen LogP) is 4.11. The van der Waals surface area contributed by atoms with Crippen LogP contribution in [0.3, 0.4) is 0 Å². The first-order valence-corrected chi connectivity index (χ1v) is 8.53. The van der Waals surface area contributed by atoms with E-state index in [1.807, 2.05) is 20.8 Å². The molecule has 1 unspecified atom stereocenters. The molecule has 2 aromatic rings. The second-order valence-electron chi connectivity index (χ2n) is 7.42. The summed E-state index contributed by atoms with van der Waals surface area (Å²) < 4.78 is 27.0. The Morgan fingerprint density at radius 1 is 1.14 bits per heavy atom. The smallest absolute Gasteiger partial charge is 0.405 e. The molecule has 1 heterocycles. The molecule has 0 aliphatic rings. The molecule has 9 heteroatoms. The van der Waals surface area contributed by atoms with Gasteiger partial charge in [-0.05, 0) is 42.2 Å². The van der Waals surface area contributed by atoms with Crippen molar-refractivity contribution in [3.63, 3.8) is 0 Å². The van der Waals surface area contributed by atoms with Crippen LogP contribution in [0.1, 0.15) is 27.2 Å². The first kappa shape index (κ1) is 21.1. The number of benzene rings is 1. The van der Waals surface area contributed by atoms with Crippen LogP contribution in [0.4, 0.5) is 30.8 Å². The Morgan fingerprint density at radius 2 is 1.86 bits per heavy atom. The SMILES string of the molecule is CC(C)(C)CC(NC(=O)O)C(=O)Nc1ccc(F)cc1Nc1cccc(F)n1. The average molecular weight is 392 g/mol. The summed E-state index contributed by atoms with van der Waals surface area (Å²) >= 11 is 0. The van der Waals surface area contributed by atoms with E-state index in [0.29, 0.717) is 0 Å². The number of nitrogens with zero attached hydrogens (tertiary/aromatic N) is 1. The zero-order valence-electron chi connectivity index (χ0n) is 15.7. The van der Waals surface area contributed by atoms with E-state index >= 15 is 0 Å². The fourth-order valence-electron chi connectivity index (χ4n) is 2.54. The molecule has 4 N–H and O–H groups in total. The lowest BCUT2D eigenvalue weighted by Gasteiger charge is -2.25. The zero-order chi connectivity index (χ0) is 20.9. The normalized spacial score (nSPS) is 12.2. The quantitative estimate of drug-likeness (QED) is 0.554. The van der Waals surface area contributed by atoms with E-state index in [1.54, 1.807) is 0 Å². The topological polar surface area (TPSA) is 103 Å². The molecule has 0 spiro atoms. The summed E-state index contributed by atoms with van der Waals surface area (Å²) in [6.07, 6.45) is -1.08. The van der Waals surface area contributed by atoms with Gasteiger partial charge in [-0.15, -0.1) is 0 Å². The average Bonchev–Trinajstić information content (AvgIpc) is 2.55. The minimum Gasteiger partial charge on any atom is -0.465 e. The summed E-state index contributed by atoms with van der Waals surface area (Å²) in [7, 11) is 0. The van der Waals surface area contributed by atoms with E-state index in [1.165, 1.54) is 18.2 Å². The van der Waals surface area contributed by atoms with Crippen LogP contribution in [0.15, 0.2) is 36.4 Å². The van der Waals surface area contributed by atoms with Gasteiger partial charge in [-0.1, -0.05) is 26.8 Å². The number of rotatable bonds is 6. The highest BCUT2D eigenvalue weighted by Crippen LogP contribution is 2.27. The molecule has 0 radical (unpaired) electrons. The summed E-state index contributed by atoms with van der Waals surface area (Å²) in [5.41, 5.74) is 0.0275. The van der Waals surface area contributed by atoms with Crippen LogP contribution < -0.4 is 16.0 Å². The van der Waals surface area contributed by atoms with E-state index in [9.17, 15) is 18.4 Å². The molecule has 28 heavy (non-hydrogen) atoms. The lowest BCUT2D eigenvalue weighted by Crippen LogP contribution is -2.45. The van der Waals surface area contributed by atoms with Crippen LogP contribution in [0.5, 0.6) is 0 Å². The number of nitrogens with one attached hydrogen (secondary N) is 3. The van der Waals surface area contributed by atoms with Gasteiger partial charge in [0.15, 0.2) is 0 Å². The maximum atomic E-state index is 13.7. The van der Waals surface area contributed by atoms with Gasteiger partial charge in [0.25, 0.3) is 0 Å². The van der Waals surface area contributed by atoms with Gasteiger partial charge in [-0.25, -0.2) is 14.2 Å². The van der Waals surface area contributed by atoms with Crippen molar-refractivity contribution in [3.05, 3.63) is 48.2 Å². The first-order valence-electron chi connectivity index (χ1n) is 8.53. The van der Waals surface area contributed by atoms with Gasteiger partial charge in [0.05, 0.1) is 11.4 Å². The van der Waals surface area contributed by atoms with Crippen molar-refractivity contribution in [1.29, 1.82) is 0 Å². The first-order chi connectivity index (χ1) is 13.0. The molecule has 0 fully saturated rings. The third-order valence-electron chi connectivity index (χ3n) is 3.65. The minimum absolute atomic E-state index is 0.121. The Morgan fingerprint density at radius 3 is 2.46 bits per heavy atom. The molecule has 7 nitrogen and oxygen atoms in total. The third-order valence-corrected chi connectivity index (χ3v) is 3.65. The number of hydrogen-bond donors (Lipinski definition) is 4. The molecule has 1 atom stereocenters. The van der Waals surface area contributed by atoms with Crippen LogP contribution in [-0.4, -0.2) is 28.1 Å². The Balaban J connectivity index is 2.26. The van der Waals surface area contributed by atoms with E-state index in [-0.39, 0.29) is 29.0 Å². The number of aromatic nitrogens is 1. The standard InChI is InChI=1S/C19H22F2N4O3/c1-19(2,3)10-14(24-18(27)28)17(26)23-12-8-7-11(20)9-13(12)22-16-6-4-5-15(21)25-16/h4-9,14,24H,10H2,1-3H3,(H,22,25)(H,23,26)(H,27,28). The van der Waals surface area contributed by atoms with Gasteiger partial charge in [0, 0.05) is 0 Å². The molecule has 0 aliphatic heterocycles. The molecule has 2 rings (SSSR count). The van der Waals surface area contributed by atoms with E-state index in [2.05, 4.69) is 20.9 Å². The molecule has 0 saturated carbocycles. The number of amides is 2. The lowest BCUT2D eigenvalue weighted by molar-refractivity contribution is -0.118. The highest BCUT2D eigenvalue weighted by molar-refractivity contribution is 5.99. The highest BCUT2D eigenvalue weighted by Gasteiger charge is 2.27. The van der Waals surface area contributed by atoms with Crippen molar-refractivity contribution in [3.8, 4) is 0 Å². The number of carbonyl (C=O) groups excluding carboxylic acids is 1. The Bertz CT molecular complexity index is 868. The Labute approximate surface area is 161 Å². The summed E-state index contributed by atoms with van der Waals surface area (Å²) in [4.78, 5) is 27.3. The van der Waals surface area contributed by atoms with Crippen molar-refractivity contribution in [2.75, 3.05) is 10.6 Å². The van der Waals surface area contributed by atoms with Crippen molar-refractivity contribution in [1.82, 2.24) is 10.3 Å². The van der Waals surface area contributed by atoms with Crippen molar-refractivity contribution in [2.24, 2.45) is 5.41 Å². The maximum Gasteiger partial charge on any atom is 0.405 e. The summed E-state index contributed by atoms with van der Waals surface area (Å²) in [5, 5.41) is 16.5. The molecule has 0 aliphatic carbocycles. The molecular weight excluding hydrogens is 370 g/mol. The molecule has 0 bridgehead atoms. The predicted molar refractivity (Wildman–Crippen MR) is 102 cm³/mol. The van der Waals surface area contributed by atoms with Crippen molar-refractivity contribution in [2.45, 2.75) is 33.2 Å². The Kier molecular flexibility index (Phi) is 6.50. The van der Waals surface area contributed by atoms with Crippen molar-refractivity contribution >= 4 is 29.2 Å². The van der Waals surface area contributed by atoms with Gasteiger partial charge in [0.1, 0.15) is 17.7 Å². The van der Waals surface area contributed by atoms with Crippen molar-refractivity contribution < 1.29 is 23.5 Å². The molecule has 2 amide bonds. The third kappa shape index (κ3) is 6.49. The van der Waals surface area contributed by atoms with Crippen LogP contribution in [-0.2, 0) is 4.79 Å². The van der Waals surface area contributed by atoms with E-state index in [4.69, 9.17) is 5.11 Å². The summed E-state index contributed by atoms with van der Waals surface area (Å²) in [6, 6.07) is 6.64. The minimum atomic E-state index is -1.33. The molecule has 150 valence electrons. The number of hydrogen-bond acceptors (Lipinski definition) is 4. The zero-order valence-corrected chi connectivity index (χ0v) is 15.7. The summed E-state index contributed by atoms with van der Waals surface area (Å²) in [5.74, 6) is -1.77. The molecule has 1 aromatic carbocycles. The number of halogens is 2. The van der Waals surface area contributed by atoms with Gasteiger partial charge in [-0.3, -0.25) is 4.79 Å². The van der Waals surface area contributed by atoms with Gasteiger partial charge < -0.3 is 21.1 Å². The Hall–Kier alpha value is -3.23. The van der Waals surface area contributed by atoms with Gasteiger partial charge >= 0.3 is 6.09 Å². The monoisotopic (exact) mass is 392 g/mol. The van der Waals surface area contributed by atoms with Crippen LogP contribution >= 0.6 is 0 Å². The lowest BCUT2D eigenvalue weighted by atomic mass is 9.88. The molecule has 1 aromatic heterocycles. The van der Waals surface area contributed by atoms with Crippen LogP contribution in [0, 0.1) is 17.2 Å². The van der Waals surface area contributed by atoms with Crippen LogP contribution in [0.25, 0.3) is 0 Å². The van der Waals surface area contributed by atoms with Gasteiger partial charge in [0.2, 0.25) is 11.9 Å². The molecular formula is C19H22F2N4O3. The second-order valence-corrected chi connectivity index (χ2v) is 7.42. The fraction of sp³-hybridized carbons (Fsp3) is 0.316. The van der Waals surface area contributed by atoms with E-state index in [0.717, 1.165) is 18.2 Å². The summed E-state index contributed by atoms with van der Waals surface area (Å²) in [6.45, 7) is 5.62. The maximum absolute atomic E-state index is 13.7. The fourth-order valence-corrected chi connectivity index (χ4v) is 2.54. The second kappa shape index (κ2) is 8.64. The largest absolute Gasteiger partial charge is 0.465 e. The number of pyridine rings is 1. The van der Waals surface area contributed by atoms with E-state index < -0.39 is 29.8 Å². The highest BCUT2D eigenvalue weighted by atomic mass is 19.1. The van der Waals surface area contributed by atoms with Crippen LogP contribution in [0.2, 0.25) is 0 Å². The molecule has 0 saturated heterocycles. The number of carbonyl (C=O) groups is 2. The number of anilines is 3.